The molecule has 0 aliphatic heterocycles. The van der Waals surface area contributed by atoms with Crippen molar-refractivity contribution < 1.29 is 19.4 Å². The topological polar surface area (TPSA) is 152 Å². The highest BCUT2D eigenvalue weighted by Crippen LogP contribution is 2.40. The number of carbonyl (C=O) groups is 2. The molecule has 11 heteroatoms. The molecule has 0 atom stereocenters. The highest BCUT2D eigenvalue weighted by molar-refractivity contribution is 6.43. The van der Waals surface area contributed by atoms with E-state index >= 15 is 0 Å². The number of hydrogen-bond donors (Lipinski definition) is 4. The van der Waals surface area contributed by atoms with Gasteiger partial charge in [0, 0.05) is 31.8 Å². The zero-order valence-corrected chi connectivity index (χ0v) is 16.1. The van der Waals surface area contributed by atoms with E-state index in [0.717, 1.165) is 6.92 Å². The number of nitrogens with two attached hydrogens (primary N) is 1. The molecular weight excluding hydrogens is 402 g/mol. The lowest BCUT2D eigenvalue weighted by Gasteiger charge is -2.12. The summed E-state index contributed by atoms with van der Waals surface area (Å²) in [7, 11) is 1.61. The number of H-pyrrole nitrogens is 1. The van der Waals surface area contributed by atoms with Gasteiger partial charge < -0.3 is 25.9 Å². The van der Waals surface area contributed by atoms with Crippen LogP contribution in [0.3, 0.4) is 0 Å². The van der Waals surface area contributed by atoms with Crippen LogP contribution in [0.1, 0.15) is 6.92 Å². The number of aromatic hydroxyl groups is 1. The fraction of sp³-hybridized carbons (Fsp3) is 0.111. The first-order chi connectivity index (χ1) is 13.7. The molecular formula is C18H16ClN5O5. The lowest BCUT2D eigenvalue weighted by molar-refractivity contribution is -0.116. The largest absolute Gasteiger partial charge is 0.504 e. The zero-order valence-electron chi connectivity index (χ0n) is 15.3. The van der Waals surface area contributed by atoms with Gasteiger partial charge in [-0.05, 0) is 18.2 Å². The summed E-state index contributed by atoms with van der Waals surface area (Å²) in [5.74, 6) is -2.05. The number of aromatic nitrogens is 2. The normalized spacial score (nSPS) is 11.5. The van der Waals surface area contributed by atoms with Crippen molar-refractivity contribution in [2.75, 3.05) is 5.32 Å². The Hall–Kier alpha value is -3.79. The first-order valence-electron chi connectivity index (χ1n) is 8.21. The summed E-state index contributed by atoms with van der Waals surface area (Å²) in [5, 5.41) is 12.6. The summed E-state index contributed by atoms with van der Waals surface area (Å²) < 4.78 is 7.07. The number of benzene rings is 2. The molecule has 5 N–H and O–H groups in total. The summed E-state index contributed by atoms with van der Waals surface area (Å²) in [6.07, 6.45) is 0. The number of amidine groups is 1. The Morgan fingerprint density at radius 1 is 1.31 bits per heavy atom. The standard InChI is InChI=1S/C18H16ClN5O5/c1-8(25)21-16(20)17(27)22-9-5-11(19)15(14(26)6-9)29-10-3-4-12-13(7-10)24(2)18(28)23-12/h3-7,26H,1-2H3,(H,22,27)(H,23,28)(H2,20,21,25). The van der Waals surface area contributed by atoms with Crippen LogP contribution in [-0.2, 0) is 16.6 Å². The van der Waals surface area contributed by atoms with E-state index in [1.54, 1.807) is 25.2 Å². The molecule has 2 amide bonds. The number of halogens is 1. The average molecular weight is 418 g/mol. The third-order valence-electron chi connectivity index (χ3n) is 3.89. The van der Waals surface area contributed by atoms with Gasteiger partial charge in [0.1, 0.15) is 5.75 Å². The third kappa shape index (κ3) is 4.22. The zero-order chi connectivity index (χ0) is 21.3. The first-order valence-corrected chi connectivity index (χ1v) is 8.58. The van der Waals surface area contributed by atoms with Crippen molar-refractivity contribution in [3.63, 3.8) is 0 Å². The van der Waals surface area contributed by atoms with Crippen LogP contribution in [0.5, 0.6) is 17.2 Å². The number of aliphatic imine (C=N–C) groups is 1. The van der Waals surface area contributed by atoms with Crippen molar-refractivity contribution in [1.29, 1.82) is 0 Å². The van der Waals surface area contributed by atoms with Gasteiger partial charge in [0.25, 0.3) is 5.91 Å². The van der Waals surface area contributed by atoms with Gasteiger partial charge in [0.2, 0.25) is 5.91 Å². The minimum absolute atomic E-state index is 0.00503. The SMILES string of the molecule is CC(=O)N=C(N)C(=O)Nc1cc(O)c(Oc2ccc3[nH]c(=O)n(C)c3c2)c(Cl)c1. The molecule has 1 aromatic heterocycles. The molecule has 0 bridgehead atoms. The Kier molecular flexibility index (Phi) is 5.29. The van der Waals surface area contributed by atoms with Gasteiger partial charge in [0.05, 0.1) is 16.1 Å². The Morgan fingerprint density at radius 2 is 2.03 bits per heavy atom. The summed E-state index contributed by atoms with van der Waals surface area (Å²) >= 11 is 6.17. The molecule has 0 aliphatic rings. The lowest BCUT2D eigenvalue weighted by atomic mass is 10.2. The van der Waals surface area contributed by atoms with Crippen LogP contribution >= 0.6 is 11.6 Å². The number of carbonyl (C=O) groups excluding carboxylic acids is 2. The molecule has 0 fully saturated rings. The highest BCUT2D eigenvalue weighted by Gasteiger charge is 2.15. The van der Waals surface area contributed by atoms with Crippen molar-refractivity contribution in [3.05, 3.63) is 45.8 Å². The van der Waals surface area contributed by atoms with Gasteiger partial charge in [-0.2, -0.15) is 4.99 Å². The molecule has 0 radical (unpaired) electrons. The van der Waals surface area contributed by atoms with E-state index < -0.39 is 17.6 Å². The van der Waals surface area contributed by atoms with Crippen LogP contribution in [0, 0.1) is 0 Å². The van der Waals surface area contributed by atoms with Crippen molar-refractivity contribution in [3.8, 4) is 17.2 Å². The van der Waals surface area contributed by atoms with Gasteiger partial charge in [-0.25, -0.2) is 4.79 Å². The Balaban J connectivity index is 1.86. The second kappa shape index (κ2) is 7.68. The van der Waals surface area contributed by atoms with Crippen molar-refractivity contribution >= 4 is 46.0 Å². The van der Waals surface area contributed by atoms with E-state index in [1.807, 2.05) is 0 Å². The molecule has 0 spiro atoms. The molecule has 0 saturated carbocycles. The van der Waals surface area contributed by atoms with Gasteiger partial charge in [0.15, 0.2) is 17.3 Å². The number of aromatic amines is 1. The van der Waals surface area contributed by atoms with Crippen LogP contribution in [0.2, 0.25) is 5.02 Å². The predicted octanol–water partition coefficient (Wildman–Crippen LogP) is 1.86. The number of hydrogen-bond acceptors (Lipinski definition) is 5. The first kappa shape index (κ1) is 20.0. The molecule has 0 unspecified atom stereocenters. The molecule has 2 aromatic carbocycles. The van der Waals surface area contributed by atoms with Gasteiger partial charge >= 0.3 is 5.69 Å². The van der Waals surface area contributed by atoms with E-state index in [4.69, 9.17) is 22.1 Å². The maximum Gasteiger partial charge on any atom is 0.326 e. The summed E-state index contributed by atoms with van der Waals surface area (Å²) in [5.41, 5.74) is 6.48. The van der Waals surface area contributed by atoms with Crippen LogP contribution in [0.25, 0.3) is 11.0 Å². The fourth-order valence-corrected chi connectivity index (χ4v) is 2.81. The predicted molar refractivity (Wildman–Crippen MR) is 108 cm³/mol. The number of amides is 2. The van der Waals surface area contributed by atoms with Gasteiger partial charge in [-0.15, -0.1) is 0 Å². The minimum Gasteiger partial charge on any atom is -0.504 e. The number of aryl methyl sites for hydroxylation is 1. The quantitative estimate of drug-likeness (QED) is 0.377. The second-order valence-electron chi connectivity index (χ2n) is 6.05. The molecule has 3 aromatic rings. The number of ether oxygens (including phenoxy) is 1. The molecule has 3 rings (SSSR count). The number of phenols is 1. The van der Waals surface area contributed by atoms with Crippen molar-refractivity contribution in [1.82, 2.24) is 9.55 Å². The summed E-state index contributed by atoms with van der Waals surface area (Å²) in [6.45, 7) is 1.15. The number of fused-ring (bicyclic) bond motifs is 1. The Labute approximate surface area is 168 Å². The van der Waals surface area contributed by atoms with Gasteiger partial charge in [-0.3, -0.25) is 14.2 Å². The van der Waals surface area contributed by atoms with Crippen molar-refractivity contribution in [2.24, 2.45) is 17.8 Å². The number of rotatable bonds is 3. The molecule has 10 nitrogen and oxygen atoms in total. The second-order valence-corrected chi connectivity index (χ2v) is 6.45. The average Bonchev–Trinajstić information content (AvgIpc) is 2.91. The minimum atomic E-state index is -0.830. The van der Waals surface area contributed by atoms with Crippen LogP contribution in [-0.4, -0.2) is 32.3 Å². The third-order valence-corrected chi connectivity index (χ3v) is 4.17. The number of imidazole rings is 1. The molecule has 29 heavy (non-hydrogen) atoms. The van der Waals surface area contributed by atoms with E-state index in [1.165, 1.54) is 16.7 Å². The molecule has 0 aliphatic carbocycles. The number of phenolic OH excluding ortho intramolecular Hbond substituents is 1. The Morgan fingerprint density at radius 3 is 2.69 bits per heavy atom. The molecule has 150 valence electrons. The van der Waals surface area contributed by atoms with E-state index in [2.05, 4.69) is 15.3 Å². The van der Waals surface area contributed by atoms with Gasteiger partial charge in [-0.1, -0.05) is 11.6 Å². The van der Waals surface area contributed by atoms with E-state index in [-0.39, 0.29) is 27.9 Å². The smallest absolute Gasteiger partial charge is 0.326 e. The Bertz CT molecular complexity index is 1200. The summed E-state index contributed by atoms with van der Waals surface area (Å²) in [6, 6.07) is 7.40. The maximum absolute atomic E-state index is 11.9. The fourth-order valence-electron chi connectivity index (χ4n) is 2.55. The van der Waals surface area contributed by atoms with Crippen LogP contribution in [0.15, 0.2) is 40.1 Å². The number of nitrogens with one attached hydrogen (secondary N) is 2. The van der Waals surface area contributed by atoms with E-state index in [9.17, 15) is 19.5 Å². The van der Waals surface area contributed by atoms with Crippen LogP contribution in [0.4, 0.5) is 5.69 Å². The summed E-state index contributed by atoms with van der Waals surface area (Å²) in [4.78, 5) is 40.5. The molecule has 0 saturated heterocycles. The van der Waals surface area contributed by atoms with Crippen molar-refractivity contribution in [2.45, 2.75) is 6.92 Å². The maximum atomic E-state index is 11.9. The number of anilines is 1. The van der Waals surface area contributed by atoms with Crippen LogP contribution < -0.4 is 21.5 Å². The highest BCUT2D eigenvalue weighted by atomic mass is 35.5. The molecule has 1 heterocycles. The monoisotopic (exact) mass is 417 g/mol. The van der Waals surface area contributed by atoms with E-state index in [0.29, 0.717) is 16.8 Å². The lowest BCUT2D eigenvalue weighted by Crippen LogP contribution is -2.30. The number of nitrogens with zero attached hydrogens (tertiary/aromatic N) is 2.